The lowest BCUT2D eigenvalue weighted by Crippen LogP contribution is -2.54. The van der Waals surface area contributed by atoms with Crippen LogP contribution in [0.2, 0.25) is 0 Å². The first-order chi connectivity index (χ1) is 17.6. The fraction of sp³-hybridized carbons (Fsp3) is 0.346. The normalized spacial score (nSPS) is 16.2. The van der Waals surface area contributed by atoms with Gasteiger partial charge in [-0.1, -0.05) is 0 Å². The Morgan fingerprint density at radius 3 is 2.78 bits per heavy atom. The molecular formula is C26H26N6O4. The highest BCUT2D eigenvalue weighted by Crippen LogP contribution is 2.28. The van der Waals surface area contributed by atoms with Crippen LogP contribution in [0.25, 0.3) is 11.3 Å². The minimum atomic E-state index is -0.0961. The third kappa shape index (κ3) is 5.27. The van der Waals surface area contributed by atoms with Gasteiger partial charge in [0.1, 0.15) is 17.9 Å². The van der Waals surface area contributed by atoms with E-state index in [4.69, 9.17) is 14.2 Å². The number of likely N-dealkylation sites (tertiary alicyclic amines) is 1. The average molecular weight is 487 g/mol. The van der Waals surface area contributed by atoms with Crippen molar-refractivity contribution < 1.29 is 19.0 Å². The SMILES string of the molecule is COC1CN(C(=O)c2cncc(Nc3nccc(-c4ccc(OC5CCOCC5)c(C#N)c4)n3)c2)C1. The molecule has 0 radical (unpaired) electrons. The van der Waals surface area contributed by atoms with Crippen LogP contribution in [0.3, 0.4) is 0 Å². The summed E-state index contributed by atoms with van der Waals surface area (Å²) in [6, 6.07) is 11.2. The molecule has 1 amide bonds. The number of pyridine rings is 1. The molecule has 0 atom stereocenters. The smallest absolute Gasteiger partial charge is 0.255 e. The fourth-order valence-corrected chi connectivity index (χ4v) is 4.12. The Morgan fingerprint density at radius 2 is 2.00 bits per heavy atom. The second-order valence-electron chi connectivity index (χ2n) is 8.67. The number of nitriles is 1. The van der Waals surface area contributed by atoms with Crippen molar-refractivity contribution in [3.63, 3.8) is 0 Å². The van der Waals surface area contributed by atoms with Gasteiger partial charge < -0.3 is 24.4 Å². The molecule has 3 aromatic rings. The maximum absolute atomic E-state index is 12.7. The van der Waals surface area contributed by atoms with Crippen LogP contribution in [0, 0.1) is 11.3 Å². The largest absolute Gasteiger partial charge is 0.489 e. The summed E-state index contributed by atoms with van der Waals surface area (Å²) in [5.41, 5.74) is 2.94. The van der Waals surface area contributed by atoms with Crippen LogP contribution in [0.5, 0.6) is 5.75 Å². The van der Waals surface area contributed by atoms with Crippen molar-refractivity contribution in [3.05, 3.63) is 60.0 Å². The van der Waals surface area contributed by atoms with E-state index in [2.05, 4.69) is 26.3 Å². The molecule has 0 spiro atoms. The molecule has 1 aromatic carbocycles. The van der Waals surface area contributed by atoms with E-state index < -0.39 is 0 Å². The highest BCUT2D eigenvalue weighted by atomic mass is 16.5. The minimum absolute atomic E-state index is 0.0466. The van der Waals surface area contributed by atoms with Crippen molar-refractivity contribution in [2.75, 3.05) is 38.7 Å². The van der Waals surface area contributed by atoms with E-state index in [1.165, 1.54) is 6.20 Å². The average Bonchev–Trinajstić information content (AvgIpc) is 2.89. The molecule has 0 bridgehead atoms. The summed E-state index contributed by atoms with van der Waals surface area (Å²) in [5.74, 6) is 0.816. The van der Waals surface area contributed by atoms with Gasteiger partial charge in [0.2, 0.25) is 5.95 Å². The number of amides is 1. The van der Waals surface area contributed by atoms with Gasteiger partial charge >= 0.3 is 0 Å². The van der Waals surface area contributed by atoms with Crippen LogP contribution in [0.15, 0.2) is 48.9 Å². The maximum atomic E-state index is 12.7. The third-order valence-electron chi connectivity index (χ3n) is 6.22. The number of carbonyl (C=O) groups is 1. The third-order valence-corrected chi connectivity index (χ3v) is 6.22. The molecule has 10 nitrogen and oxygen atoms in total. The number of rotatable bonds is 7. The van der Waals surface area contributed by atoms with Crippen LogP contribution in [0.4, 0.5) is 11.6 Å². The van der Waals surface area contributed by atoms with Crippen molar-refractivity contribution in [2.45, 2.75) is 25.0 Å². The van der Waals surface area contributed by atoms with Gasteiger partial charge in [0, 0.05) is 51.0 Å². The summed E-state index contributed by atoms with van der Waals surface area (Å²) in [4.78, 5) is 27.5. The number of carbonyl (C=O) groups excluding carboxylic acids is 1. The van der Waals surface area contributed by atoms with Crippen LogP contribution < -0.4 is 10.1 Å². The van der Waals surface area contributed by atoms with Crippen LogP contribution in [-0.2, 0) is 9.47 Å². The Morgan fingerprint density at radius 1 is 1.17 bits per heavy atom. The lowest BCUT2D eigenvalue weighted by Gasteiger charge is -2.38. The highest BCUT2D eigenvalue weighted by molar-refractivity contribution is 5.95. The number of aromatic nitrogens is 3. The van der Waals surface area contributed by atoms with Gasteiger partial charge in [-0.15, -0.1) is 0 Å². The number of hydrogen-bond donors (Lipinski definition) is 1. The van der Waals surface area contributed by atoms with Gasteiger partial charge in [-0.05, 0) is 30.3 Å². The standard InChI is InChI=1S/C26H26N6O4/c1-34-22-15-32(16-22)25(33)19-11-20(14-28-13-19)30-26-29-7-4-23(31-26)17-2-3-24(18(10-17)12-27)36-21-5-8-35-9-6-21/h2-4,7,10-11,13-14,21-22H,5-6,8-9,15-16H2,1H3,(H,29,30,31). The zero-order chi connectivity index (χ0) is 24.9. The van der Waals surface area contributed by atoms with Gasteiger partial charge in [-0.2, -0.15) is 5.26 Å². The predicted octanol–water partition coefficient (Wildman–Crippen LogP) is 3.18. The van der Waals surface area contributed by atoms with Gasteiger partial charge in [0.25, 0.3) is 5.91 Å². The van der Waals surface area contributed by atoms with E-state index in [1.807, 2.05) is 12.1 Å². The summed E-state index contributed by atoms with van der Waals surface area (Å²) in [6.45, 7) is 2.48. The summed E-state index contributed by atoms with van der Waals surface area (Å²) < 4.78 is 16.7. The Balaban J connectivity index is 1.30. The number of anilines is 2. The van der Waals surface area contributed by atoms with Crippen molar-refractivity contribution in [2.24, 2.45) is 0 Å². The first kappa shape index (κ1) is 23.7. The Hall–Kier alpha value is -4.07. The quantitative estimate of drug-likeness (QED) is 0.536. The molecule has 2 aliphatic rings. The summed E-state index contributed by atoms with van der Waals surface area (Å²) in [7, 11) is 1.64. The van der Waals surface area contributed by atoms with Gasteiger partial charge in [-0.25, -0.2) is 9.97 Å². The second kappa shape index (κ2) is 10.7. The topological polar surface area (TPSA) is 122 Å². The first-order valence-electron chi connectivity index (χ1n) is 11.8. The zero-order valence-electron chi connectivity index (χ0n) is 19.9. The van der Waals surface area contributed by atoms with Crippen molar-refractivity contribution in [1.82, 2.24) is 19.9 Å². The molecule has 2 fully saturated rings. The lowest BCUT2D eigenvalue weighted by atomic mass is 10.1. The molecular weight excluding hydrogens is 460 g/mol. The van der Waals surface area contributed by atoms with Crippen molar-refractivity contribution >= 4 is 17.5 Å². The molecule has 0 aliphatic carbocycles. The Bertz CT molecular complexity index is 1280. The fourth-order valence-electron chi connectivity index (χ4n) is 4.12. The number of methoxy groups -OCH3 is 1. The van der Waals surface area contributed by atoms with Crippen molar-refractivity contribution in [3.8, 4) is 23.1 Å². The maximum Gasteiger partial charge on any atom is 0.255 e. The van der Waals surface area contributed by atoms with E-state index in [1.54, 1.807) is 42.6 Å². The van der Waals surface area contributed by atoms with E-state index >= 15 is 0 Å². The number of ether oxygens (including phenoxy) is 3. The number of hydrogen-bond acceptors (Lipinski definition) is 9. The predicted molar refractivity (Wildman–Crippen MR) is 131 cm³/mol. The van der Waals surface area contributed by atoms with Crippen molar-refractivity contribution in [1.29, 1.82) is 5.26 Å². The molecule has 1 N–H and O–H groups in total. The number of nitrogens with zero attached hydrogens (tertiary/aromatic N) is 5. The molecule has 2 aromatic heterocycles. The molecule has 0 unspecified atom stereocenters. The molecule has 184 valence electrons. The van der Waals surface area contributed by atoms with Gasteiger partial charge in [0.05, 0.1) is 48.0 Å². The van der Waals surface area contributed by atoms with E-state index in [0.29, 0.717) is 60.5 Å². The Kier molecular flexibility index (Phi) is 7.02. The second-order valence-corrected chi connectivity index (χ2v) is 8.67. The van der Waals surface area contributed by atoms with Gasteiger partial charge in [-0.3, -0.25) is 9.78 Å². The number of nitrogens with one attached hydrogen (secondary N) is 1. The highest BCUT2D eigenvalue weighted by Gasteiger charge is 2.31. The zero-order valence-corrected chi connectivity index (χ0v) is 19.9. The van der Waals surface area contributed by atoms with Crippen LogP contribution in [0.1, 0.15) is 28.8 Å². The molecule has 2 aliphatic heterocycles. The van der Waals surface area contributed by atoms with E-state index in [0.717, 1.165) is 18.4 Å². The first-order valence-corrected chi connectivity index (χ1v) is 11.8. The summed E-state index contributed by atoms with van der Waals surface area (Å²) in [6.07, 6.45) is 6.53. The molecule has 4 heterocycles. The lowest BCUT2D eigenvalue weighted by molar-refractivity contribution is -0.0192. The van der Waals surface area contributed by atoms with E-state index in [9.17, 15) is 10.1 Å². The van der Waals surface area contributed by atoms with Crippen LogP contribution >= 0.6 is 0 Å². The Labute approximate surface area is 208 Å². The van der Waals surface area contributed by atoms with Gasteiger partial charge in [0.15, 0.2) is 0 Å². The number of benzene rings is 1. The molecule has 36 heavy (non-hydrogen) atoms. The summed E-state index contributed by atoms with van der Waals surface area (Å²) in [5, 5.41) is 12.8. The molecule has 10 heteroatoms. The molecule has 2 saturated heterocycles. The molecule has 0 saturated carbocycles. The monoisotopic (exact) mass is 486 g/mol. The molecule has 5 rings (SSSR count). The van der Waals surface area contributed by atoms with E-state index in [-0.39, 0.29) is 18.1 Å². The summed E-state index contributed by atoms with van der Waals surface area (Å²) >= 11 is 0. The van der Waals surface area contributed by atoms with Crippen LogP contribution in [-0.4, -0.2) is 71.4 Å². The minimum Gasteiger partial charge on any atom is -0.489 e.